The van der Waals surface area contributed by atoms with Gasteiger partial charge in [-0.1, -0.05) is 0 Å². The van der Waals surface area contributed by atoms with Gasteiger partial charge < -0.3 is 15.2 Å². The van der Waals surface area contributed by atoms with Gasteiger partial charge in [-0.3, -0.25) is 4.99 Å². The summed E-state index contributed by atoms with van der Waals surface area (Å²) in [5, 5.41) is 6.25. The smallest absolute Gasteiger partial charge is 0.357 e. The third-order valence-corrected chi connectivity index (χ3v) is 5.63. The molecule has 0 aliphatic carbocycles. The summed E-state index contributed by atoms with van der Waals surface area (Å²) in [6, 6.07) is 1.82. The molecule has 1 saturated heterocycles. The van der Waals surface area contributed by atoms with Crippen molar-refractivity contribution >= 4 is 40.0 Å². The minimum absolute atomic E-state index is 0. The SMILES string of the molecule is CN=C(NCc1ccn(C)c1)NC1CCN(S(=O)(=O)C(F)(F)F)CC1.I. The summed E-state index contributed by atoms with van der Waals surface area (Å²) in [5.41, 5.74) is -4.18. The van der Waals surface area contributed by atoms with E-state index in [0.717, 1.165) is 5.56 Å². The van der Waals surface area contributed by atoms with E-state index < -0.39 is 15.5 Å². The van der Waals surface area contributed by atoms with Crippen LogP contribution in [0.5, 0.6) is 0 Å². The second kappa shape index (κ2) is 9.26. The molecule has 1 aliphatic rings. The molecule has 2 heterocycles. The second-order valence-corrected chi connectivity index (χ2v) is 7.81. The average molecular weight is 509 g/mol. The van der Waals surface area contributed by atoms with Crippen molar-refractivity contribution in [2.75, 3.05) is 20.1 Å². The normalized spacial score (nSPS) is 17.7. The molecule has 0 atom stereocenters. The van der Waals surface area contributed by atoms with Crippen molar-refractivity contribution in [3.63, 3.8) is 0 Å². The highest BCUT2D eigenvalue weighted by Crippen LogP contribution is 2.28. The minimum Gasteiger partial charge on any atom is -0.357 e. The summed E-state index contributed by atoms with van der Waals surface area (Å²) in [6.45, 7) is 0.214. The first-order valence-electron chi connectivity index (χ1n) is 7.78. The highest BCUT2D eigenvalue weighted by atomic mass is 127. The van der Waals surface area contributed by atoms with Crippen LogP contribution in [-0.4, -0.2) is 54.9 Å². The quantitative estimate of drug-likeness (QED) is 0.368. The predicted octanol–water partition coefficient (Wildman–Crippen LogP) is 1.62. The van der Waals surface area contributed by atoms with E-state index in [1.165, 1.54) is 0 Å². The maximum Gasteiger partial charge on any atom is 0.511 e. The molecule has 7 nitrogen and oxygen atoms in total. The first-order chi connectivity index (χ1) is 11.6. The molecular weight excluding hydrogens is 486 g/mol. The number of halogens is 4. The highest BCUT2D eigenvalue weighted by molar-refractivity contribution is 14.0. The van der Waals surface area contributed by atoms with Crippen molar-refractivity contribution in [1.29, 1.82) is 0 Å². The fourth-order valence-corrected chi connectivity index (χ4v) is 3.61. The van der Waals surface area contributed by atoms with E-state index in [2.05, 4.69) is 15.6 Å². The Kier molecular flexibility index (Phi) is 8.20. The van der Waals surface area contributed by atoms with Crippen LogP contribution in [0, 0.1) is 0 Å². The molecule has 0 radical (unpaired) electrons. The van der Waals surface area contributed by atoms with Crippen LogP contribution in [0.3, 0.4) is 0 Å². The van der Waals surface area contributed by atoms with Crippen LogP contribution < -0.4 is 10.6 Å². The van der Waals surface area contributed by atoms with E-state index in [-0.39, 0.29) is 55.9 Å². The van der Waals surface area contributed by atoms with Crippen molar-refractivity contribution in [2.45, 2.75) is 30.9 Å². The van der Waals surface area contributed by atoms with E-state index in [4.69, 9.17) is 0 Å². The lowest BCUT2D eigenvalue weighted by Crippen LogP contribution is -2.51. The van der Waals surface area contributed by atoms with Crippen molar-refractivity contribution in [3.05, 3.63) is 24.0 Å². The summed E-state index contributed by atoms with van der Waals surface area (Å²) in [5.74, 6) is 0.529. The van der Waals surface area contributed by atoms with Crippen molar-refractivity contribution in [3.8, 4) is 0 Å². The maximum atomic E-state index is 12.6. The molecule has 0 bridgehead atoms. The van der Waals surface area contributed by atoms with Crippen LogP contribution in [-0.2, 0) is 23.6 Å². The Balaban J connectivity index is 0.00000338. The summed E-state index contributed by atoms with van der Waals surface area (Å²) >= 11 is 0. The van der Waals surface area contributed by atoms with Gasteiger partial charge in [-0.25, -0.2) is 8.42 Å². The van der Waals surface area contributed by atoms with Gasteiger partial charge in [-0.15, -0.1) is 24.0 Å². The number of aliphatic imine (C=N–C) groups is 1. The maximum absolute atomic E-state index is 12.6. The lowest BCUT2D eigenvalue weighted by atomic mass is 10.1. The lowest BCUT2D eigenvalue weighted by Gasteiger charge is -2.32. The molecule has 2 N–H and O–H groups in total. The Morgan fingerprint density at radius 3 is 2.42 bits per heavy atom. The third-order valence-electron chi connectivity index (χ3n) is 4.00. The fraction of sp³-hybridized carbons (Fsp3) is 0.643. The van der Waals surface area contributed by atoms with Gasteiger partial charge in [0, 0.05) is 52.2 Å². The Hall–Kier alpha value is -1.02. The van der Waals surface area contributed by atoms with Crippen molar-refractivity contribution in [1.82, 2.24) is 19.5 Å². The van der Waals surface area contributed by atoms with Crippen LogP contribution in [0.4, 0.5) is 13.2 Å². The molecule has 0 amide bonds. The molecule has 0 saturated carbocycles. The molecule has 12 heteroatoms. The first-order valence-corrected chi connectivity index (χ1v) is 9.22. The molecule has 150 valence electrons. The number of alkyl halides is 3. The Bertz CT molecular complexity index is 712. The van der Waals surface area contributed by atoms with Crippen LogP contribution in [0.2, 0.25) is 0 Å². The van der Waals surface area contributed by atoms with Crippen LogP contribution in [0.25, 0.3) is 0 Å². The number of aryl methyl sites for hydroxylation is 1. The summed E-state index contributed by atoms with van der Waals surface area (Å²) in [7, 11) is -1.73. The average Bonchev–Trinajstić information content (AvgIpc) is 2.96. The summed E-state index contributed by atoms with van der Waals surface area (Å²) in [4.78, 5) is 4.09. The molecule has 0 spiro atoms. The zero-order valence-electron chi connectivity index (χ0n) is 14.5. The van der Waals surface area contributed by atoms with Gasteiger partial charge in [0.25, 0.3) is 0 Å². The molecule has 1 aromatic rings. The number of hydrogen-bond acceptors (Lipinski definition) is 3. The number of guanidine groups is 1. The van der Waals surface area contributed by atoms with Crippen LogP contribution in [0.15, 0.2) is 23.5 Å². The summed E-state index contributed by atoms with van der Waals surface area (Å²) < 4.78 is 62.9. The molecule has 0 unspecified atom stereocenters. The van der Waals surface area contributed by atoms with Gasteiger partial charge in [-0.2, -0.15) is 17.5 Å². The largest absolute Gasteiger partial charge is 0.511 e. The number of piperidine rings is 1. The Labute approximate surface area is 168 Å². The Morgan fingerprint density at radius 1 is 1.35 bits per heavy atom. The van der Waals surface area contributed by atoms with Crippen molar-refractivity contribution in [2.24, 2.45) is 12.0 Å². The number of aromatic nitrogens is 1. The van der Waals surface area contributed by atoms with E-state index >= 15 is 0 Å². The highest BCUT2D eigenvalue weighted by Gasteiger charge is 2.50. The molecule has 2 rings (SSSR count). The number of nitrogens with zero attached hydrogens (tertiary/aromatic N) is 3. The zero-order valence-corrected chi connectivity index (χ0v) is 17.6. The topological polar surface area (TPSA) is 78.7 Å². The van der Waals surface area contributed by atoms with Gasteiger partial charge >= 0.3 is 15.5 Å². The standard InChI is InChI=1S/C14H22F3N5O2S.HI/c1-18-13(19-9-11-3-6-21(2)10-11)20-12-4-7-22(8-5-12)25(23,24)14(15,16)17;/h3,6,10,12H,4-5,7-9H2,1-2H3,(H2,18,19,20);1H. The van der Waals surface area contributed by atoms with E-state index in [9.17, 15) is 21.6 Å². The molecule has 1 aromatic heterocycles. The van der Waals surface area contributed by atoms with Crippen molar-refractivity contribution < 1.29 is 21.6 Å². The molecule has 0 aromatic carbocycles. The van der Waals surface area contributed by atoms with Gasteiger partial charge in [-0.05, 0) is 24.5 Å². The van der Waals surface area contributed by atoms with Crippen LogP contribution >= 0.6 is 24.0 Å². The van der Waals surface area contributed by atoms with Gasteiger partial charge in [0.05, 0.1) is 0 Å². The molecular formula is C14H23F3IN5O2S. The Morgan fingerprint density at radius 2 is 1.96 bits per heavy atom. The van der Waals surface area contributed by atoms with E-state index in [1.807, 2.05) is 30.1 Å². The number of nitrogens with one attached hydrogen (secondary N) is 2. The number of rotatable bonds is 4. The second-order valence-electron chi connectivity index (χ2n) is 5.88. The fourth-order valence-electron chi connectivity index (χ4n) is 2.63. The first kappa shape index (κ1) is 23.0. The van der Waals surface area contributed by atoms with Crippen LogP contribution in [0.1, 0.15) is 18.4 Å². The zero-order chi connectivity index (χ0) is 18.7. The monoisotopic (exact) mass is 509 g/mol. The lowest BCUT2D eigenvalue weighted by molar-refractivity contribution is -0.0494. The third kappa shape index (κ3) is 5.74. The van der Waals surface area contributed by atoms with Gasteiger partial charge in [0.1, 0.15) is 0 Å². The van der Waals surface area contributed by atoms with E-state index in [1.54, 1.807) is 7.05 Å². The molecule has 1 aliphatic heterocycles. The van der Waals surface area contributed by atoms with E-state index in [0.29, 0.717) is 16.8 Å². The predicted molar refractivity (Wildman–Crippen MR) is 104 cm³/mol. The van der Waals surface area contributed by atoms with Gasteiger partial charge in [0.2, 0.25) is 0 Å². The summed E-state index contributed by atoms with van der Waals surface area (Å²) in [6.07, 6.45) is 4.44. The van der Waals surface area contributed by atoms with Gasteiger partial charge in [0.15, 0.2) is 5.96 Å². The number of sulfonamides is 1. The molecule has 1 fully saturated rings. The number of hydrogen-bond donors (Lipinski definition) is 2. The minimum atomic E-state index is -5.25. The molecule has 26 heavy (non-hydrogen) atoms.